The Bertz CT molecular complexity index is 780. The lowest BCUT2D eigenvalue weighted by Crippen LogP contribution is -1.95. The van der Waals surface area contributed by atoms with Gasteiger partial charge in [-0.15, -0.1) is 0 Å². The van der Waals surface area contributed by atoms with E-state index in [4.69, 9.17) is 0 Å². The highest BCUT2D eigenvalue weighted by atomic mass is 19.3. The van der Waals surface area contributed by atoms with Gasteiger partial charge in [-0.25, -0.2) is 18.3 Å². The number of halogens is 2. The number of alkyl halides is 2. The smallest absolute Gasteiger partial charge is 0.235 e. The highest BCUT2D eigenvalue weighted by Crippen LogP contribution is 2.55. The van der Waals surface area contributed by atoms with E-state index >= 15 is 0 Å². The third kappa shape index (κ3) is 2.09. The summed E-state index contributed by atoms with van der Waals surface area (Å²) < 4.78 is 26.9. The number of imidazole rings is 1. The second kappa shape index (κ2) is 4.62. The number of hydrogen-bond acceptors (Lipinski definition) is 2. The van der Waals surface area contributed by atoms with E-state index in [1.54, 1.807) is 16.9 Å². The number of fused-ring (bicyclic) bond motifs is 1. The molecular weight excluding hydrogens is 272 g/mol. The minimum absolute atomic E-state index is 0.0792. The van der Waals surface area contributed by atoms with Gasteiger partial charge in [0.25, 0.3) is 6.43 Å². The summed E-state index contributed by atoms with van der Waals surface area (Å²) >= 11 is 0. The van der Waals surface area contributed by atoms with Gasteiger partial charge < -0.3 is 0 Å². The molecule has 0 amide bonds. The van der Waals surface area contributed by atoms with Crippen molar-refractivity contribution < 1.29 is 8.78 Å². The average Bonchev–Trinajstić information content (AvgIpc) is 3.15. The lowest BCUT2D eigenvalue weighted by atomic mass is 10.0. The monoisotopic (exact) mass is 285 g/mol. The molecule has 1 saturated carbocycles. The Labute approximate surface area is 120 Å². The standard InChI is InChI=1S/C16H13F2N3/c17-15(18)11-3-1-10(2-4-11)13-9-14(13)12-5-6-20-21-8-7-19-16(12)21/h1-8,13-15H,9H2/t13-,14-/m1/s1. The van der Waals surface area contributed by atoms with Crippen LogP contribution in [-0.4, -0.2) is 14.6 Å². The van der Waals surface area contributed by atoms with Gasteiger partial charge in [0.2, 0.25) is 0 Å². The van der Waals surface area contributed by atoms with Gasteiger partial charge in [-0.3, -0.25) is 0 Å². The van der Waals surface area contributed by atoms with Crippen molar-refractivity contribution >= 4 is 5.65 Å². The summed E-state index contributed by atoms with van der Waals surface area (Å²) in [5.41, 5.74) is 3.26. The molecule has 3 aromatic rings. The van der Waals surface area contributed by atoms with E-state index in [1.807, 2.05) is 24.4 Å². The van der Waals surface area contributed by atoms with Crippen LogP contribution in [0.3, 0.4) is 0 Å². The van der Waals surface area contributed by atoms with Crippen LogP contribution in [0.2, 0.25) is 0 Å². The first-order valence-electron chi connectivity index (χ1n) is 6.90. The quantitative estimate of drug-likeness (QED) is 0.729. The molecule has 0 radical (unpaired) electrons. The normalized spacial score (nSPS) is 21.1. The summed E-state index contributed by atoms with van der Waals surface area (Å²) in [7, 11) is 0. The summed E-state index contributed by atoms with van der Waals surface area (Å²) in [6.45, 7) is 0. The van der Waals surface area contributed by atoms with Gasteiger partial charge in [0, 0.05) is 29.7 Å². The summed E-state index contributed by atoms with van der Waals surface area (Å²) in [6, 6.07) is 8.67. The van der Waals surface area contributed by atoms with Gasteiger partial charge in [0.15, 0.2) is 5.65 Å². The molecule has 1 aromatic carbocycles. The third-order valence-electron chi connectivity index (χ3n) is 4.13. The van der Waals surface area contributed by atoms with Crippen molar-refractivity contribution in [3.63, 3.8) is 0 Å². The van der Waals surface area contributed by atoms with Crippen molar-refractivity contribution in [3.05, 3.63) is 65.6 Å². The van der Waals surface area contributed by atoms with Gasteiger partial charge in [0.05, 0.1) is 0 Å². The number of benzene rings is 1. The first-order chi connectivity index (χ1) is 10.2. The van der Waals surface area contributed by atoms with E-state index in [0.717, 1.165) is 17.6 Å². The summed E-state index contributed by atoms with van der Waals surface area (Å²) in [5, 5.41) is 4.21. The molecule has 0 spiro atoms. The molecule has 0 aliphatic heterocycles. The fourth-order valence-electron chi connectivity index (χ4n) is 2.94. The molecule has 106 valence electrons. The van der Waals surface area contributed by atoms with Crippen LogP contribution in [0, 0.1) is 0 Å². The van der Waals surface area contributed by atoms with Crippen molar-refractivity contribution in [2.45, 2.75) is 24.7 Å². The Morgan fingerprint density at radius 1 is 1.05 bits per heavy atom. The minimum atomic E-state index is -2.40. The predicted octanol–water partition coefficient (Wildman–Crippen LogP) is 3.94. The Kier molecular flexibility index (Phi) is 2.74. The maximum absolute atomic E-state index is 12.6. The molecule has 0 saturated heterocycles. The van der Waals surface area contributed by atoms with Crippen LogP contribution in [0.5, 0.6) is 0 Å². The van der Waals surface area contributed by atoms with Gasteiger partial charge in [-0.1, -0.05) is 24.3 Å². The van der Waals surface area contributed by atoms with Crippen molar-refractivity contribution in [2.24, 2.45) is 0 Å². The van der Waals surface area contributed by atoms with Crippen LogP contribution in [0.1, 0.15) is 41.4 Å². The van der Waals surface area contributed by atoms with Crippen molar-refractivity contribution in [1.29, 1.82) is 0 Å². The van der Waals surface area contributed by atoms with Crippen LogP contribution in [0.4, 0.5) is 8.78 Å². The minimum Gasteiger partial charge on any atom is -0.235 e. The largest absolute Gasteiger partial charge is 0.263 e. The summed E-state index contributed by atoms with van der Waals surface area (Å²) in [4.78, 5) is 4.35. The SMILES string of the molecule is FC(F)c1ccc([C@H]2C[C@@H]2c2ccnn3ccnc23)cc1. The molecule has 3 nitrogen and oxygen atoms in total. The predicted molar refractivity (Wildman–Crippen MR) is 74.5 cm³/mol. The number of rotatable bonds is 3. The van der Waals surface area contributed by atoms with E-state index in [-0.39, 0.29) is 5.56 Å². The fraction of sp³-hybridized carbons (Fsp3) is 0.250. The molecule has 5 heteroatoms. The zero-order valence-electron chi connectivity index (χ0n) is 11.2. The molecule has 1 aliphatic rings. The van der Waals surface area contributed by atoms with Crippen molar-refractivity contribution in [3.8, 4) is 0 Å². The molecule has 1 aliphatic carbocycles. The van der Waals surface area contributed by atoms with Crippen molar-refractivity contribution in [2.75, 3.05) is 0 Å². The third-order valence-corrected chi connectivity index (χ3v) is 4.13. The fourth-order valence-corrected chi connectivity index (χ4v) is 2.94. The van der Waals surface area contributed by atoms with Crippen LogP contribution in [0.15, 0.2) is 48.9 Å². The molecule has 2 atom stereocenters. The lowest BCUT2D eigenvalue weighted by molar-refractivity contribution is 0.151. The van der Waals surface area contributed by atoms with Crippen molar-refractivity contribution in [1.82, 2.24) is 14.6 Å². The molecular formula is C16H13F2N3. The maximum Gasteiger partial charge on any atom is 0.263 e. The van der Waals surface area contributed by atoms with E-state index in [2.05, 4.69) is 10.1 Å². The molecule has 1 fully saturated rings. The zero-order valence-corrected chi connectivity index (χ0v) is 11.2. The van der Waals surface area contributed by atoms with E-state index in [0.29, 0.717) is 11.8 Å². The highest BCUT2D eigenvalue weighted by Gasteiger charge is 2.40. The van der Waals surface area contributed by atoms with Gasteiger partial charge in [-0.2, -0.15) is 5.10 Å². The van der Waals surface area contributed by atoms with Gasteiger partial charge >= 0.3 is 0 Å². The van der Waals surface area contributed by atoms with Crippen LogP contribution >= 0.6 is 0 Å². The number of hydrogen-bond donors (Lipinski definition) is 0. The van der Waals surface area contributed by atoms with E-state index in [9.17, 15) is 8.78 Å². The average molecular weight is 285 g/mol. The Hall–Kier alpha value is -2.30. The summed E-state index contributed by atoms with van der Waals surface area (Å²) in [6.07, 6.45) is 3.97. The highest BCUT2D eigenvalue weighted by molar-refractivity contribution is 5.52. The molecule has 21 heavy (non-hydrogen) atoms. The first kappa shape index (κ1) is 12.4. The lowest BCUT2D eigenvalue weighted by Gasteiger charge is -2.04. The van der Waals surface area contributed by atoms with E-state index in [1.165, 1.54) is 17.7 Å². The maximum atomic E-state index is 12.6. The first-order valence-corrected chi connectivity index (χ1v) is 6.90. The molecule has 2 heterocycles. The molecule has 4 rings (SSSR count). The zero-order chi connectivity index (χ0) is 14.4. The topological polar surface area (TPSA) is 30.2 Å². The van der Waals surface area contributed by atoms with Gasteiger partial charge in [-0.05, 0) is 29.9 Å². The second-order valence-corrected chi connectivity index (χ2v) is 5.40. The Morgan fingerprint density at radius 3 is 2.62 bits per heavy atom. The number of aromatic nitrogens is 3. The van der Waals surface area contributed by atoms with Crippen LogP contribution < -0.4 is 0 Å². The second-order valence-electron chi connectivity index (χ2n) is 5.40. The molecule has 0 unspecified atom stereocenters. The summed E-state index contributed by atoms with van der Waals surface area (Å²) in [5.74, 6) is 0.787. The Balaban J connectivity index is 1.62. The molecule has 0 N–H and O–H groups in total. The number of nitrogens with zero attached hydrogens (tertiary/aromatic N) is 3. The molecule has 2 aromatic heterocycles. The van der Waals surface area contributed by atoms with E-state index < -0.39 is 6.43 Å². The van der Waals surface area contributed by atoms with Crippen LogP contribution in [-0.2, 0) is 0 Å². The van der Waals surface area contributed by atoms with Crippen LogP contribution in [0.25, 0.3) is 5.65 Å². The molecule has 0 bridgehead atoms. The Morgan fingerprint density at radius 2 is 1.86 bits per heavy atom. The van der Waals surface area contributed by atoms with Gasteiger partial charge in [0.1, 0.15) is 0 Å².